The molecule has 1 aromatic rings. The molecule has 0 spiro atoms. The first-order chi connectivity index (χ1) is 10.1. The normalized spacial score (nSPS) is 14.8. The van der Waals surface area contributed by atoms with Gasteiger partial charge in [0.2, 0.25) is 5.91 Å². The molecule has 0 aromatic heterocycles. The molecule has 1 aliphatic rings. The van der Waals surface area contributed by atoms with E-state index >= 15 is 0 Å². The lowest BCUT2D eigenvalue weighted by Crippen LogP contribution is -2.36. The number of anilines is 2. The summed E-state index contributed by atoms with van der Waals surface area (Å²) in [6, 6.07) is 4.54. The van der Waals surface area contributed by atoms with Gasteiger partial charge < -0.3 is 21.1 Å². The van der Waals surface area contributed by atoms with Crippen LogP contribution in [0.5, 0.6) is 0 Å². The zero-order valence-corrected chi connectivity index (χ0v) is 12.0. The van der Waals surface area contributed by atoms with E-state index in [0.717, 1.165) is 25.9 Å². The molecule has 1 aliphatic heterocycles. The van der Waals surface area contributed by atoms with Crippen LogP contribution in [0.2, 0.25) is 0 Å². The number of amides is 1. The average Bonchev–Trinajstić information content (AvgIpc) is 2.49. The molecular weight excluding hydrogens is 270 g/mol. The fourth-order valence-corrected chi connectivity index (χ4v) is 2.46. The van der Waals surface area contributed by atoms with E-state index in [9.17, 15) is 9.59 Å². The number of carboxylic acid groups (broad SMARTS) is 1. The zero-order valence-electron chi connectivity index (χ0n) is 12.0. The number of likely N-dealkylation sites (tertiary alicyclic amines) is 1. The topological polar surface area (TPSA) is 95.7 Å². The molecule has 21 heavy (non-hydrogen) atoms. The molecule has 1 fully saturated rings. The maximum Gasteiger partial charge on any atom is 0.335 e. The summed E-state index contributed by atoms with van der Waals surface area (Å²) < 4.78 is 0. The number of carbonyl (C=O) groups excluding carboxylic acids is 1. The number of nitrogens with zero attached hydrogens (tertiary/aromatic N) is 1. The van der Waals surface area contributed by atoms with Gasteiger partial charge in [0.05, 0.1) is 16.9 Å². The van der Waals surface area contributed by atoms with Crippen molar-refractivity contribution in [2.45, 2.75) is 25.7 Å². The van der Waals surface area contributed by atoms with Gasteiger partial charge in [-0.1, -0.05) is 0 Å². The number of nitrogen functional groups attached to an aromatic ring is 1. The number of rotatable bonds is 5. The SMILES string of the molecule is Nc1cc(C(=O)O)ccc1NCCC(=O)N1CCCCC1. The monoisotopic (exact) mass is 291 g/mol. The molecule has 4 N–H and O–H groups in total. The van der Waals surface area contributed by atoms with Crippen molar-refractivity contribution in [2.24, 2.45) is 0 Å². The molecule has 1 aromatic carbocycles. The van der Waals surface area contributed by atoms with Crippen LogP contribution in [0.25, 0.3) is 0 Å². The highest BCUT2D eigenvalue weighted by Crippen LogP contribution is 2.20. The average molecular weight is 291 g/mol. The van der Waals surface area contributed by atoms with Crippen LogP contribution < -0.4 is 11.1 Å². The van der Waals surface area contributed by atoms with E-state index in [1.54, 1.807) is 6.07 Å². The number of benzene rings is 1. The molecule has 0 bridgehead atoms. The molecule has 1 heterocycles. The summed E-state index contributed by atoms with van der Waals surface area (Å²) in [7, 11) is 0. The number of aromatic carboxylic acids is 1. The Balaban J connectivity index is 1.83. The summed E-state index contributed by atoms with van der Waals surface area (Å²) >= 11 is 0. The molecular formula is C15H21N3O3. The number of hydrogen-bond donors (Lipinski definition) is 3. The van der Waals surface area contributed by atoms with E-state index in [-0.39, 0.29) is 11.5 Å². The van der Waals surface area contributed by atoms with Gasteiger partial charge in [0.15, 0.2) is 0 Å². The van der Waals surface area contributed by atoms with Crippen LogP contribution in [-0.4, -0.2) is 41.5 Å². The third-order valence-electron chi connectivity index (χ3n) is 3.66. The first-order valence-corrected chi connectivity index (χ1v) is 7.22. The van der Waals surface area contributed by atoms with E-state index in [2.05, 4.69) is 5.32 Å². The van der Waals surface area contributed by atoms with E-state index in [0.29, 0.717) is 24.3 Å². The van der Waals surface area contributed by atoms with Crippen molar-refractivity contribution in [3.63, 3.8) is 0 Å². The number of hydrogen-bond acceptors (Lipinski definition) is 4. The predicted octanol–water partition coefficient (Wildman–Crippen LogP) is 1.78. The number of nitrogens with one attached hydrogen (secondary N) is 1. The van der Waals surface area contributed by atoms with Crippen molar-refractivity contribution < 1.29 is 14.7 Å². The molecule has 0 unspecified atom stereocenters. The second-order valence-corrected chi connectivity index (χ2v) is 5.23. The highest BCUT2D eigenvalue weighted by atomic mass is 16.4. The Hall–Kier alpha value is -2.24. The van der Waals surface area contributed by atoms with Gasteiger partial charge in [-0.05, 0) is 37.5 Å². The second kappa shape index (κ2) is 6.97. The molecule has 1 amide bonds. The van der Waals surface area contributed by atoms with Gasteiger partial charge in [-0.15, -0.1) is 0 Å². The summed E-state index contributed by atoms with van der Waals surface area (Å²) in [5, 5.41) is 12.0. The van der Waals surface area contributed by atoms with E-state index < -0.39 is 5.97 Å². The third-order valence-corrected chi connectivity index (χ3v) is 3.66. The number of nitrogens with two attached hydrogens (primary N) is 1. The quantitative estimate of drug-likeness (QED) is 0.719. The standard InChI is InChI=1S/C15H21N3O3/c16-12-10-11(15(20)21)4-5-13(12)17-7-6-14(19)18-8-2-1-3-9-18/h4-5,10,17H,1-3,6-9,16H2,(H,20,21). The predicted molar refractivity (Wildman–Crippen MR) is 81.4 cm³/mol. The van der Waals surface area contributed by atoms with Crippen LogP contribution in [0.4, 0.5) is 11.4 Å². The molecule has 0 radical (unpaired) electrons. The lowest BCUT2D eigenvalue weighted by Gasteiger charge is -2.26. The Morgan fingerprint density at radius 3 is 2.57 bits per heavy atom. The number of piperidine rings is 1. The van der Waals surface area contributed by atoms with Crippen LogP contribution in [-0.2, 0) is 4.79 Å². The highest BCUT2D eigenvalue weighted by Gasteiger charge is 2.15. The van der Waals surface area contributed by atoms with Crippen LogP contribution in [0.15, 0.2) is 18.2 Å². The zero-order chi connectivity index (χ0) is 15.2. The number of carboxylic acids is 1. The Kier molecular flexibility index (Phi) is 5.03. The highest BCUT2D eigenvalue weighted by molar-refractivity contribution is 5.90. The maximum absolute atomic E-state index is 12.0. The lowest BCUT2D eigenvalue weighted by molar-refractivity contribution is -0.131. The molecule has 1 saturated heterocycles. The van der Waals surface area contributed by atoms with Crippen LogP contribution in [0.1, 0.15) is 36.0 Å². The minimum atomic E-state index is -1.01. The van der Waals surface area contributed by atoms with Crippen molar-refractivity contribution >= 4 is 23.3 Å². The van der Waals surface area contributed by atoms with Crippen LogP contribution >= 0.6 is 0 Å². The van der Waals surface area contributed by atoms with Gasteiger partial charge in [0.1, 0.15) is 0 Å². The van der Waals surface area contributed by atoms with Crippen molar-refractivity contribution in [1.82, 2.24) is 4.90 Å². The van der Waals surface area contributed by atoms with E-state index in [1.165, 1.54) is 18.6 Å². The van der Waals surface area contributed by atoms with Gasteiger partial charge in [-0.25, -0.2) is 4.79 Å². The molecule has 0 aliphatic carbocycles. The number of carbonyl (C=O) groups is 2. The minimum Gasteiger partial charge on any atom is -0.478 e. The van der Waals surface area contributed by atoms with Gasteiger partial charge >= 0.3 is 5.97 Å². The first-order valence-electron chi connectivity index (χ1n) is 7.22. The molecule has 6 nitrogen and oxygen atoms in total. The van der Waals surface area contributed by atoms with Crippen molar-refractivity contribution in [3.05, 3.63) is 23.8 Å². The lowest BCUT2D eigenvalue weighted by atomic mass is 10.1. The Morgan fingerprint density at radius 1 is 1.24 bits per heavy atom. The molecule has 6 heteroatoms. The van der Waals surface area contributed by atoms with Crippen LogP contribution in [0, 0.1) is 0 Å². The fourth-order valence-electron chi connectivity index (χ4n) is 2.46. The summed E-state index contributed by atoms with van der Waals surface area (Å²) in [4.78, 5) is 24.7. The second-order valence-electron chi connectivity index (χ2n) is 5.23. The molecule has 2 rings (SSSR count). The van der Waals surface area contributed by atoms with Gasteiger partial charge in [-0.2, -0.15) is 0 Å². The van der Waals surface area contributed by atoms with Gasteiger partial charge in [0.25, 0.3) is 0 Å². The van der Waals surface area contributed by atoms with E-state index in [4.69, 9.17) is 10.8 Å². The Morgan fingerprint density at radius 2 is 1.95 bits per heavy atom. The van der Waals surface area contributed by atoms with E-state index in [1.807, 2.05) is 4.90 Å². The fraction of sp³-hybridized carbons (Fsp3) is 0.467. The summed E-state index contributed by atoms with van der Waals surface area (Å²) in [5.74, 6) is -0.851. The van der Waals surface area contributed by atoms with Crippen molar-refractivity contribution in [2.75, 3.05) is 30.7 Å². The van der Waals surface area contributed by atoms with Crippen molar-refractivity contribution in [3.8, 4) is 0 Å². The summed E-state index contributed by atoms with van der Waals surface area (Å²) in [6.07, 6.45) is 3.79. The molecule has 0 saturated carbocycles. The van der Waals surface area contributed by atoms with Gasteiger partial charge in [0, 0.05) is 26.1 Å². The smallest absolute Gasteiger partial charge is 0.335 e. The Bertz CT molecular complexity index is 525. The first kappa shape index (κ1) is 15.2. The summed E-state index contributed by atoms with van der Waals surface area (Å²) in [5.41, 5.74) is 6.99. The largest absolute Gasteiger partial charge is 0.478 e. The summed E-state index contributed by atoms with van der Waals surface area (Å²) in [6.45, 7) is 2.20. The van der Waals surface area contributed by atoms with Gasteiger partial charge in [-0.3, -0.25) is 4.79 Å². The minimum absolute atomic E-state index is 0.155. The molecule has 114 valence electrons. The molecule has 0 atom stereocenters. The van der Waals surface area contributed by atoms with Crippen molar-refractivity contribution in [1.29, 1.82) is 0 Å². The van der Waals surface area contributed by atoms with Crippen LogP contribution in [0.3, 0.4) is 0 Å². The Labute approximate surface area is 123 Å². The third kappa shape index (κ3) is 4.11. The maximum atomic E-state index is 12.0.